The number of hydrogen-bond acceptors (Lipinski definition) is 6. The Morgan fingerprint density at radius 1 is 0.964 bits per heavy atom. The van der Waals surface area contributed by atoms with E-state index in [0.29, 0.717) is 11.8 Å². The number of benzene rings is 2. The van der Waals surface area contributed by atoms with E-state index in [1.807, 2.05) is 31.2 Å². The number of hydrogen-bond donors (Lipinski definition) is 0. The zero-order valence-electron chi connectivity index (χ0n) is 16.7. The third-order valence-electron chi connectivity index (χ3n) is 5.26. The van der Waals surface area contributed by atoms with Crippen molar-refractivity contribution in [1.29, 1.82) is 0 Å². The van der Waals surface area contributed by atoms with Gasteiger partial charge in [0.1, 0.15) is 5.75 Å². The largest absolute Gasteiger partial charge is 0.496 e. The van der Waals surface area contributed by atoms with Gasteiger partial charge in [0.2, 0.25) is 11.8 Å². The molecular formula is C22H26N4O2. The van der Waals surface area contributed by atoms with E-state index in [1.165, 1.54) is 5.56 Å². The van der Waals surface area contributed by atoms with Crippen LogP contribution < -0.4 is 4.74 Å². The lowest BCUT2D eigenvalue weighted by Crippen LogP contribution is -2.43. The molecule has 1 saturated heterocycles. The number of aromatic nitrogens is 2. The highest BCUT2D eigenvalue weighted by Gasteiger charge is 2.16. The quantitative estimate of drug-likeness (QED) is 0.678. The first-order valence-electron chi connectivity index (χ1n) is 9.61. The maximum atomic E-state index is 5.96. The number of aryl methyl sites for hydroxylation is 1. The molecule has 6 heteroatoms. The second kappa shape index (κ2) is 8.12. The lowest BCUT2D eigenvalue weighted by atomic mass is 10.1. The smallest absolute Gasteiger partial charge is 0.248 e. The third-order valence-corrected chi connectivity index (χ3v) is 5.26. The summed E-state index contributed by atoms with van der Waals surface area (Å²) >= 11 is 0. The van der Waals surface area contributed by atoms with Gasteiger partial charge >= 0.3 is 0 Å². The van der Waals surface area contributed by atoms with Crippen molar-refractivity contribution in [3.05, 3.63) is 53.6 Å². The molecule has 28 heavy (non-hydrogen) atoms. The van der Waals surface area contributed by atoms with Crippen molar-refractivity contribution in [1.82, 2.24) is 20.0 Å². The summed E-state index contributed by atoms with van der Waals surface area (Å²) in [5.41, 5.74) is 4.14. The maximum Gasteiger partial charge on any atom is 0.248 e. The van der Waals surface area contributed by atoms with Gasteiger partial charge in [-0.3, -0.25) is 4.90 Å². The predicted molar refractivity (Wildman–Crippen MR) is 109 cm³/mol. The molecule has 2 aromatic carbocycles. The molecule has 0 unspecified atom stereocenters. The highest BCUT2D eigenvalue weighted by atomic mass is 16.5. The number of methoxy groups -OCH3 is 1. The second-order valence-corrected chi connectivity index (χ2v) is 7.38. The Bertz CT molecular complexity index is 945. The fraction of sp³-hybridized carbons (Fsp3) is 0.364. The summed E-state index contributed by atoms with van der Waals surface area (Å²) in [6, 6.07) is 14.3. The molecular weight excluding hydrogens is 352 g/mol. The Kier molecular flexibility index (Phi) is 5.41. The van der Waals surface area contributed by atoms with Crippen LogP contribution >= 0.6 is 0 Å². The summed E-state index contributed by atoms with van der Waals surface area (Å²) in [7, 11) is 3.84. The summed E-state index contributed by atoms with van der Waals surface area (Å²) in [5.74, 6) is 1.85. The SMILES string of the molecule is COc1cc(-c2nnc(-c3cccc(CN4CCN(C)CC4)c3)o2)ccc1C. The molecule has 0 aliphatic carbocycles. The van der Waals surface area contributed by atoms with Crippen LogP contribution in [0.25, 0.3) is 22.9 Å². The zero-order valence-corrected chi connectivity index (χ0v) is 16.7. The van der Waals surface area contributed by atoms with Crippen LogP contribution in [-0.2, 0) is 6.54 Å². The molecule has 0 atom stereocenters. The van der Waals surface area contributed by atoms with Crippen molar-refractivity contribution < 1.29 is 9.15 Å². The molecule has 0 spiro atoms. The molecule has 146 valence electrons. The summed E-state index contributed by atoms with van der Waals surface area (Å²) in [6.45, 7) is 7.38. The van der Waals surface area contributed by atoms with Crippen molar-refractivity contribution in [2.24, 2.45) is 0 Å². The van der Waals surface area contributed by atoms with E-state index in [2.05, 4.69) is 45.2 Å². The fourth-order valence-corrected chi connectivity index (χ4v) is 3.48. The minimum atomic E-state index is 0.498. The van der Waals surface area contributed by atoms with Gasteiger partial charge < -0.3 is 14.1 Å². The highest BCUT2D eigenvalue weighted by molar-refractivity contribution is 5.60. The predicted octanol–water partition coefficient (Wildman–Crippen LogP) is 3.47. The van der Waals surface area contributed by atoms with Crippen LogP contribution in [0.15, 0.2) is 46.9 Å². The minimum absolute atomic E-state index is 0.498. The van der Waals surface area contributed by atoms with Crippen molar-refractivity contribution in [3.63, 3.8) is 0 Å². The van der Waals surface area contributed by atoms with E-state index in [0.717, 1.165) is 55.2 Å². The van der Waals surface area contributed by atoms with Crippen molar-refractivity contribution in [2.45, 2.75) is 13.5 Å². The van der Waals surface area contributed by atoms with Crippen LogP contribution in [-0.4, -0.2) is 60.3 Å². The fourth-order valence-electron chi connectivity index (χ4n) is 3.48. The highest BCUT2D eigenvalue weighted by Crippen LogP contribution is 2.28. The first-order valence-corrected chi connectivity index (χ1v) is 9.61. The van der Waals surface area contributed by atoms with Crippen LogP contribution in [0.4, 0.5) is 0 Å². The number of likely N-dealkylation sites (N-methyl/N-ethyl adjacent to an activating group) is 1. The van der Waals surface area contributed by atoms with E-state index in [4.69, 9.17) is 9.15 Å². The van der Waals surface area contributed by atoms with Gasteiger partial charge in [-0.05, 0) is 49.4 Å². The van der Waals surface area contributed by atoms with Gasteiger partial charge in [-0.1, -0.05) is 18.2 Å². The molecule has 1 fully saturated rings. The van der Waals surface area contributed by atoms with Crippen LogP contribution in [0.5, 0.6) is 5.75 Å². The van der Waals surface area contributed by atoms with E-state index in [-0.39, 0.29) is 0 Å². The monoisotopic (exact) mass is 378 g/mol. The molecule has 0 bridgehead atoms. The van der Waals surface area contributed by atoms with Crippen LogP contribution in [0.3, 0.4) is 0 Å². The lowest BCUT2D eigenvalue weighted by Gasteiger charge is -2.32. The Hall–Kier alpha value is -2.70. The number of rotatable bonds is 5. The molecule has 6 nitrogen and oxygen atoms in total. The molecule has 0 amide bonds. The summed E-state index contributed by atoms with van der Waals surface area (Å²) in [4.78, 5) is 4.85. The second-order valence-electron chi connectivity index (χ2n) is 7.38. The Morgan fingerprint density at radius 3 is 2.39 bits per heavy atom. The molecule has 0 saturated carbocycles. The van der Waals surface area contributed by atoms with Crippen LogP contribution in [0.1, 0.15) is 11.1 Å². The van der Waals surface area contributed by atoms with Gasteiger partial charge in [0.05, 0.1) is 7.11 Å². The number of piperazine rings is 1. The third kappa shape index (κ3) is 4.08. The molecule has 1 aliphatic rings. The van der Waals surface area contributed by atoms with Gasteiger partial charge in [0, 0.05) is 43.9 Å². The minimum Gasteiger partial charge on any atom is -0.496 e. The van der Waals surface area contributed by atoms with Crippen molar-refractivity contribution in [3.8, 4) is 28.7 Å². The number of nitrogens with zero attached hydrogens (tertiary/aromatic N) is 4. The van der Waals surface area contributed by atoms with E-state index < -0.39 is 0 Å². The molecule has 2 heterocycles. The molecule has 0 radical (unpaired) electrons. The van der Waals surface area contributed by atoms with Gasteiger partial charge in [0.15, 0.2) is 0 Å². The zero-order chi connectivity index (χ0) is 19.5. The van der Waals surface area contributed by atoms with Gasteiger partial charge in [-0.2, -0.15) is 0 Å². The van der Waals surface area contributed by atoms with E-state index in [1.54, 1.807) is 7.11 Å². The standard InChI is InChI=1S/C22H26N4O2/c1-16-7-8-19(14-20(16)27-3)22-24-23-21(28-22)18-6-4-5-17(13-18)15-26-11-9-25(2)10-12-26/h4-8,13-14H,9-12,15H2,1-3H3. The normalized spacial score (nSPS) is 15.7. The first-order chi connectivity index (χ1) is 13.6. The number of ether oxygens (including phenoxy) is 1. The Morgan fingerprint density at radius 2 is 1.68 bits per heavy atom. The van der Waals surface area contributed by atoms with Gasteiger partial charge in [-0.25, -0.2) is 0 Å². The van der Waals surface area contributed by atoms with Gasteiger partial charge in [0.25, 0.3) is 0 Å². The van der Waals surface area contributed by atoms with Crippen molar-refractivity contribution >= 4 is 0 Å². The average Bonchev–Trinajstić information content (AvgIpc) is 3.21. The van der Waals surface area contributed by atoms with Crippen molar-refractivity contribution in [2.75, 3.05) is 40.3 Å². The van der Waals surface area contributed by atoms with E-state index >= 15 is 0 Å². The maximum absolute atomic E-state index is 5.96. The average molecular weight is 378 g/mol. The first kappa shape index (κ1) is 18.7. The van der Waals surface area contributed by atoms with Crippen LogP contribution in [0.2, 0.25) is 0 Å². The molecule has 1 aliphatic heterocycles. The summed E-state index contributed by atoms with van der Waals surface area (Å²) in [5, 5.41) is 8.49. The topological polar surface area (TPSA) is 54.6 Å². The molecule has 4 rings (SSSR count). The lowest BCUT2D eigenvalue weighted by molar-refractivity contribution is 0.148. The van der Waals surface area contributed by atoms with E-state index in [9.17, 15) is 0 Å². The Labute approximate surface area is 165 Å². The molecule has 3 aromatic rings. The molecule has 1 aromatic heterocycles. The van der Waals surface area contributed by atoms with Crippen LogP contribution in [0, 0.1) is 6.92 Å². The molecule has 0 N–H and O–H groups in total. The summed E-state index contributed by atoms with van der Waals surface area (Å²) < 4.78 is 11.4. The summed E-state index contributed by atoms with van der Waals surface area (Å²) in [6.07, 6.45) is 0. The Balaban J connectivity index is 1.52. The van der Waals surface area contributed by atoms with Gasteiger partial charge in [-0.15, -0.1) is 10.2 Å².